The second-order valence-electron chi connectivity index (χ2n) is 6.97. The van der Waals surface area contributed by atoms with E-state index < -0.39 is 0 Å². The Hall–Kier alpha value is -1.14. The Labute approximate surface area is 147 Å². The number of ether oxygens (including phenoxy) is 2. The number of rotatable bonds is 13. The van der Waals surface area contributed by atoms with Gasteiger partial charge in [-0.25, -0.2) is 0 Å². The van der Waals surface area contributed by atoms with Crippen molar-refractivity contribution in [1.29, 1.82) is 0 Å². The van der Waals surface area contributed by atoms with E-state index >= 15 is 0 Å². The molecule has 0 aliphatic rings. The van der Waals surface area contributed by atoms with E-state index in [0.717, 1.165) is 0 Å². The molecule has 0 fully saturated rings. The molecule has 0 radical (unpaired) electrons. The second kappa shape index (κ2) is 13.2. The summed E-state index contributed by atoms with van der Waals surface area (Å²) in [6.07, 6.45) is 1.39. The quantitative estimate of drug-likeness (QED) is 0.394. The van der Waals surface area contributed by atoms with Crippen LogP contribution in [0, 0.1) is 11.8 Å². The zero-order valence-corrected chi connectivity index (χ0v) is 16.2. The lowest BCUT2D eigenvalue weighted by molar-refractivity contribution is -0.150. The van der Waals surface area contributed by atoms with Crippen LogP contribution in [0.1, 0.15) is 54.4 Å². The summed E-state index contributed by atoms with van der Waals surface area (Å²) in [6, 6.07) is 0.709. The molecule has 0 aliphatic carbocycles. The summed E-state index contributed by atoms with van der Waals surface area (Å²) in [7, 11) is 0. The van der Waals surface area contributed by atoms with Crippen molar-refractivity contribution < 1.29 is 19.1 Å². The summed E-state index contributed by atoms with van der Waals surface area (Å²) in [4.78, 5) is 23.5. The summed E-state index contributed by atoms with van der Waals surface area (Å²) < 4.78 is 10.5. The minimum absolute atomic E-state index is 0.153. The van der Waals surface area contributed by atoms with Gasteiger partial charge in [0.25, 0.3) is 0 Å². The van der Waals surface area contributed by atoms with Gasteiger partial charge in [-0.3, -0.25) is 9.59 Å². The molecule has 0 bridgehead atoms. The van der Waals surface area contributed by atoms with E-state index in [2.05, 4.69) is 10.6 Å². The molecule has 2 N–H and O–H groups in total. The Kier molecular flexibility index (Phi) is 12.6. The normalized spacial score (nSPS) is 13.8. The smallest absolute Gasteiger partial charge is 0.309 e. The van der Waals surface area contributed by atoms with Crippen LogP contribution in [0.2, 0.25) is 0 Å². The van der Waals surface area contributed by atoms with Gasteiger partial charge in [-0.1, -0.05) is 41.5 Å². The lowest BCUT2D eigenvalue weighted by Crippen LogP contribution is -2.32. The first-order valence-electron chi connectivity index (χ1n) is 9.04. The molecule has 2 unspecified atom stereocenters. The predicted molar refractivity (Wildman–Crippen MR) is 95.8 cm³/mol. The van der Waals surface area contributed by atoms with Gasteiger partial charge in [-0.15, -0.1) is 0 Å². The van der Waals surface area contributed by atoms with E-state index in [4.69, 9.17) is 9.47 Å². The monoisotopic (exact) mass is 344 g/mol. The van der Waals surface area contributed by atoms with Gasteiger partial charge in [0.1, 0.15) is 0 Å². The summed E-state index contributed by atoms with van der Waals surface area (Å²) in [5.74, 6) is -0.680. The Bertz CT molecular complexity index is 325. The molecule has 6 heteroatoms. The molecule has 6 nitrogen and oxygen atoms in total. The van der Waals surface area contributed by atoms with Gasteiger partial charge in [0, 0.05) is 25.2 Å². The van der Waals surface area contributed by atoms with Crippen molar-refractivity contribution in [1.82, 2.24) is 10.6 Å². The van der Waals surface area contributed by atoms with Crippen LogP contribution in [-0.2, 0) is 19.1 Å². The molecule has 0 spiro atoms. The molecule has 24 heavy (non-hydrogen) atoms. The topological polar surface area (TPSA) is 76.7 Å². The van der Waals surface area contributed by atoms with Crippen LogP contribution >= 0.6 is 0 Å². The highest BCUT2D eigenvalue weighted by atomic mass is 16.5. The first kappa shape index (κ1) is 22.9. The summed E-state index contributed by atoms with van der Waals surface area (Å²) in [5.41, 5.74) is 0. The average Bonchev–Trinajstić information content (AvgIpc) is 2.52. The average molecular weight is 344 g/mol. The molecule has 0 saturated carbocycles. The lowest BCUT2D eigenvalue weighted by atomic mass is 10.2. The number of unbranched alkanes of at least 4 members (excludes halogenated alkanes) is 1. The highest BCUT2D eigenvalue weighted by Crippen LogP contribution is 2.02. The van der Waals surface area contributed by atoms with Gasteiger partial charge in [0.05, 0.1) is 25.0 Å². The second-order valence-corrected chi connectivity index (χ2v) is 6.97. The van der Waals surface area contributed by atoms with E-state index in [0.29, 0.717) is 51.2 Å². The van der Waals surface area contributed by atoms with Crippen LogP contribution < -0.4 is 10.6 Å². The van der Waals surface area contributed by atoms with Crippen LogP contribution in [0.4, 0.5) is 0 Å². The molecule has 142 valence electrons. The SMILES string of the molecule is CC(C)NCC(C)C(=O)OCCCCOC(=O)C(C)CNC(C)C. The Morgan fingerprint density at radius 2 is 1.04 bits per heavy atom. The fourth-order valence-electron chi connectivity index (χ4n) is 1.83. The van der Waals surface area contributed by atoms with Crippen LogP contribution in [0.5, 0.6) is 0 Å². The maximum absolute atomic E-state index is 11.8. The van der Waals surface area contributed by atoms with Crippen molar-refractivity contribution in [3.05, 3.63) is 0 Å². The third kappa shape index (κ3) is 12.3. The molecule has 0 saturated heterocycles. The standard InChI is InChI=1S/C18H36N2O4/c1-13(2)19-11-15(5)17(21)23-9-7-8-10-24-18(22)16(6)12-20-14(3)4/h13-16,19-20H,7-12H2,1-6H3. The Morgan fingerprint density at radius 3 is 1.33 bits per heavy atom. The van der Waals surface area contributed by atoms with Crippen molar-refractivity contribution in [3.63, 3.8) is 0 Å². The molecule has 0 rings (SSSR count). The van der Waals surface area contributed by atoms with Crippen LogP contribution in [0.25, 0.3) is 0 Å². The van der Waals surface area contributed by atoms with Gasteiger partial charge >= 0.3 is 11.9 Å². The molecule has 0 aromatic carbocycles. The summed E-state index contributed by atoms with van der Waals surface area (Å²) in [5, 5.41) is 6.43. The van der Waals surface area contributed by atoms with Crippen LogP contribution in [0.15, 0.2) is 0 Å². The maximum atomic E-state index is 11.8. The predicted octanol–water partition coefficient (Wildman–Crippen LogP) is 2.12. The number of carbonyl (C=O) groups is 2. The van der Waals surface area contributed by atoms with Crippen molar-refractivity contribution in [2.24, 2.45) is 11.8 Å². The zero-order chi connectivity index (χ0) is 18.5. The largest absolute Gasteiger partial charge is 0.465 e. The van der Waals surface area contributed by atoms with Crippen molar-refractivity contribution in [2.75, 3.05) is 26.3 Å². The summed E-state index contributed by atoms with van der Waals surface area (Å²) in [6.45, 7) is 13.8. The van der Waals surface area contributed by atoms with Gasteiger partial charge < -0.3 is 20.1 Å². The molecular formula is C18H36N2O4. The van der Waals surface area contributed by atoms with Gasteiger partial charge in [-0.05, 0) is 12.8 Å². The van der Waals surface area contributed by atoms with Crippen molar-refractivity contribution in [2.45, 2.75) is 66.5 Å². The van der Waals surface area contributed by atoms with Gasteiger partial charge in [0.2, 0.25) is 0 Å². The van der Waals surface area contributed by atoms with E-state index in [1.807, 2.05) is 41.5 Å². The highest BCUT2D eigenvalue weighted by Gasteiger charge is 2.15. The molecular weight excluding hydrogens is 308 g/mol. The highest BCUT2D eigenvalue weighted by molar-refractivity contribution is 5.72. The summed E-state index contributed by atoms with van der Waals surface area (Å²) >= 11 is 0. The van der Waals surface area contributed by atoms with Crippen LogP contribution in [-0.4, -0.2) is 50.3 Å². The third-order valence-corrected chi connectivity index (χ3v) is 3.50. The fraction of sp³-hybridized carbons (Fsp3) is 0.889. The number of hydrogen-bond donors (Lipinski definition) is 2. The number of esters is 2. The van der Waals surface area contributed by atoms with Crippen molar-refractivity contribution >= 4 is 11.9 Å². The Balaban J connectivity index is 3.65. The number of nitrogens with one attached hydrogen (secondary N) is 2. The molecule has 2 atom stereocenters. The van der Waals surface area contributed by atoms with Crippen LogP contribution in [0.3, 0.4) is 0 Å². The Morgan fingerprint density at radius 1 is 0.708 bits per heavy atom. The fourth-order valence-corrected chi connectivity index (χ4v) is 1.83. The molecule has 0 aliphatic heterocycles. The van der Waals surface area contributed by atoms with E-state index in [1.165, 1.54) is 0 Å². The molecule has 0 aromatic heterocycles. The number of hydrogen-bond acceptors (Lipinski definition) is 6. The van der Waals surface area contributed by atoms with E-state index in [-0.39, 0.29) is 23.8 Å². The molecule has 0 heterocycles. The van der Waals surface area contributed by atoms with Crippen molar-refractivity contribution in [3.8, 4) is 0 Å². The minimum Gasteiger partial charge on any atom is -0.465 e. The maximum Gasteiger partial charge on any atom is 0.309 e. The van der Waals surface area contributed by atoms with Gasteiger partial charge in [0.15, 0.2) is 0 Å². The first-order chi connectivity index (χ1) is 11.2. The number of carbonyl (C=O) groups excluding carboxylic acids is 2. The molecule has 0 amide bonds. The molecule has 0 aromatic rings. The lowest BCUT2D eigenvalue weighted by Gasteiger charge is -2.15. The first-order valence-corrected chi connectivity index (χ1v) is 9.04. The van der Waals surface area contributed by atoms with E-state index in [9.17, 15) is 9.59 Å². The minimum atomic E-state index is -0.187. The van der Waals surface area contributed by atoms with E-state index in [1.54, 1.807) is 0 Å². The van der Waals surface area contributed by atoms with Gasteiger partial charge in [-0.2, -0.15) is 0 Å². The zero-order valence-electron chi connectivity index (χ0n) is 16.2. The third-order valence-electron chi connectivity index (χ3n) is 3.50.